The van der Waals surface area contributed by atoms with Gasteiger partial charge in [-0.05, 0) is 6.92 Å². The van der Waals surface area contributed by atoms with E-state index in [-0.39, 0.29) is 6.61 Å². The Hall–Kier alpha value is -0.630. The summed E-state index contributed by atoms with van der Waals surface area (Å²) in [4.78, 5) is 11.1. The first-order valence-electron chi connectivity index (χ1n) is 11.2. The van der Waals surface area contributed by atoms with Crippen LogP contribution in [0.1, 0.15) is 6.92 Å². The summed E-state index contributed by atoms with van der Waals surface area (Å²) in [6.45, 7) is 13.5. The van der Waals surface area contributed by atoms with Gasteiger partial charge in [-0.15, -0.1) is 0 Å². The zero-order valence-electron chi connectivity index (χ0n) is 19.9. The van der Waals surface area contributed by atoms with E-state index in [1.807, 2.05) is 0 Å². The maximum Gasteiger partial charge on any atom is 0.333 e. The topological polar surface area (TPSA) is 100 Å². The lowest BCUT2D eigenvalue weighted by Crippen LogP contribution is -2.15. The fourth-order valence-corrected chi connectivity index (χ4v) is 2.24. The summed E-state index contributed by atoms with van der Waals surface area (Å²) < 4.78 is 47.8. The van der Waals surface area contributed by atoms with Crippen LogP contribution in [0.3, 0.4) is 0 Å². The quantitative estimate of drug-likeness (QED) is 0.0656. The molecule has 0 saturated heterocycles. The molecule has 0 amide bonds. The molecule has 0 aromatic rings. The number of esters is 1. The third-order valence-electron chi connectivity index (χ3n) is 3.63. The van der Waals surface area contributed by atoms with Crippen molar-refractivity contribution in [2.45, 2.75) is 6.92 Å². The van der Waals surface area contributed by atoms with E-state index in [0.717, 1.165) is 5.33 Å². The van der Waals surface area contributed by atoms with Gasteiger partial charge in [0.15, 0.2) is 0 Å². The fraction of sp³-hybridized carbons (Fsp3) is 0.864. The highest BCUT2D eigenvalue weighted by Crippen LogP contribution is 1.92. The van der Waals surface area contributed by atoms with E-state index in [1.54, 1.807) is 6.92 Å². The number of ether oxygens (including phenoxy) is 9. The lowest BCUT2D eigenvalue weighted by Gasteiger charge is -2.08. The Bertz CT molecular complexity index is 439. The molecule has 0 fully saturated rings. The van der Waals surface area contributed by atoms with Gasteiger partial charge in [0.25, 0.3) is 0 Å². The van der Waals surface area contributed by atoms with E-state index in [9.17, 15) is 4.79 Å². The van der Waals surface area contributed by atoms with Gasteiger partial charge in [-0.2, -0.15) is 0 Å². The first-order chi connectivity index (χ1) is 16.2. The van der Waals surface area contributed by atoms with Crippen molar-refractivity contribution in [2.75, 3.05) is 118 Å². The van der Waals surface area contributed by atoms with Gasteiger partial charge in [0.2, 0.25) is 0 Å². The zero-order valence-corrected chi connectivity index (χ0v) is 21.5. The second-order valence-electron chi connectivity index (χ2n) is 6.50. The number of halogens is 1. The Morgan fingerprint density at radius 2 is 0.758 bits per heavy atom. The maximum absolute atomic E-state index is 11.1. The molecule has 0 aromatic heterocycles. The molecule has 11 heteroatoms. The van der Waals surface area contributed by atoms with Crippen molar-refractivity contribution in [1.29, 1.82) is 0 Å². The van der Waals surface area contributed by atoms with Crippen LogP contribution in [0.5, 0.6) is 0 Å². The first kappa shape index (κ1) is 32.4. The molecule has 0 radical (unpaired) electrons. The number of rotatable bonds is 27. The molecular weight excluding hydrogens is 504 g/mol. The molecule has 10 nitrogen and oxygen atoms in total. The first-order valence-corrected chi connectivity index (χ1v) is 12.3. The van der Waals surface area contributed by atoms with E-state index < -0.39 is 5.97 Å². The minimum Gasteiger partial charge on any atom is -0.460 e. The number of carbonyl (C=O) groups is 1. The Morgan fingerprint density at radius 1 is 0.515 bits per heavy atom. The Morgan fingerprint density at radius 3 is 1.00 bits per heavy atom. The van der Waals surface area contributed by atoms with Crippen LogP contribution in [0.15, 0.2) is 12.2 Å². The smallest absolute Gasteiger partial charge is 0.333 e. The van der Waals surface area contributed by atoms with Gasteiger partial charge in [-0.3, -0.25) is 0 Å². The Balaban J connectivity index is 3.05. The highest BCUT2D eigenvalue weighted by Gasteiger charge is 2.01. The van der Waals surface area contributed by atoms with E-state index in [0.29, 0.717) is 111 Å². The summed E-state index contributed by atoms with van der Waals surface area (Å²) in [5.74, 6) is -0.408. The second kappa shape index (κ2) is 27.6. The summed E-state index contributed by atoms with van der Waals surface area (Å²) in [5.41, 5.74) is 0.374. The third-order valence-corrected chi connectivity index (χ3v) is 3.96. The summed E-state index contributed by atoms with van der Waals surface area (Å²) in [6, 6.07) is 0. The third kappa shape index (κ3) is 27.5. The Labute approximate surface area is 206 Å². The van der Waals surface area contributed by atoms with Crippen LogP contribution in [0.4, 0.5) is 0 Å². The molecule has 0 saturated carbocycles. The van der Waals surface area contributed by atoms with Crippen LogP contribution >= 0.6 is 15.9 Å². The molecule has 0 aromatic carbocycles. The summed E-state index contributed by atoms with van der Waals surface area (Å²) >= 11 is 3.29. The number of hydrogen-bond donors (Lipinski definition) is 0. The highest BCUT2D eigenvalue weighted by atomic mass is 79.9. The standard InChI is InChI=1S/C22H41BrO10/c1-21(2)22(24)33-20-19-32-18-17-31-16-15-30-14-13-29-12-11-28-10-9-27-8-7-26-6-5-25-4-3-23/h1,3-20H2,2H3. The second-order valence-corrected chi connectivity index (χ2v) is 7.30. The summed E-state index contributed by atoms with van der Waals surface area (Å²) in [7, 11) is 0. The molecule has 0 atom stereocenters. The highest BCUT2D eigenvalue weighted by molar-refractivity contribution is 9.09. The van der Waals surface area contributed by atoms with E-state index >= 15 is 0 Å². The van der Waals surface area contributed by atoms with E-state index in [4.69, 9.17) is 42.6 Å². The summed E-state index contributed by atoms with van der Waals surface area (Å²) in [6.07, 6.45) is 0. The predicted octanol–water partition coefficient (Wildman–Crippen LogP) is 1.63. The zero-order chi connectivity index (χ0) is 24.2. The lowest BCUT2D eigenvalue weighted by molar-refractivity contribution is -0.140. The van der Waals surface area contributed by atoms with Crippen LogP contribution in [0.25, 0.3) is 0 Å². The average Bonchev–Trinajstić information content (AvgIpc) is 2.81. The van der Waals surface area contributed by atoms with Crippen LogP contribution < -0.4 is 0 Å². The molecule has 33 heavy (non-hydrogen) atoms. The molecule has 0 bridgehead atoms. The van der Waals surface area contributed by atoms with Crippen LogP contribution in [-0.4, -0.2) is 124 Å². The van der Waals surface area contributed by atoms with Gasteiger partial charge in [-0.25, -0.2) is 4.79 Å². The normalized spacial score (nSPS) is 11.1. The fourth-order valence-electron chi connectivity index (χ4n) is 2.01. The molecule has 0 aliphatic rings. The molecule has 196 valence electrons. The SMILES string of the molecule is C=C(C)C(=O)OCCOCCOCCOCCOCCOCCOCCOCCOCCBr. The van der Waals surface area contributed by atoms with Crippen molar-refractivity contribution >= 4 is 21.9 Å². The molecule has 0 N–H and O–H groups in total. The van der Waals surface area contributed by atoms with Crippen molar-refractivity contribution in [1.82, 2.24) is 0 Å². The molecule has 0 heterocycles. The number of hydrogen-bond acceptors (Lipinski definition) is 10. The predicted molar refractivity (Wildman–Crippen MR) is 126 cm³/mol. The van der Waals surface area contributed by atoms with Crippen LogP contribution in [0, 0.1) is 0 Å². The van der Waals surface area contributed by atoms with Gasteiger partial charge in [0, 0.05) is 10.9 Å². The number of alkyl halides is 1. The van der Waals surface area contributed by atoms with E-state index in [2.05, 4.69) is 22.5 Å². The van der Waals surface area contributed by atoms with Crippen LogP contribution in [0.2, 0.25) is 0 Å². The molecule has 0 spiro atoms. The Kier molecular flexibility index (Phi) is 27.1. The monoisotopic (exact) mass is 544 g/mol. The van der Waals surface area contributed by atoms with Crippen molar-refractivity contribution in [2.24, 2.45) is 0 Å². The van der Waals surface area contributed by atoms with Crippen molar-refractivity contribution in [3.8, 4) is 0 Å². The molecular formula is C22H41BrO10. The van der Waals surface area contributed by atoms with Gasteiger partial charge in [0.05, 0.1) is 106 Å². The minimum absolute atomic E-state index is 0.206. The maximum atomic E-state index is 11.1. The van der Waals surface area contributed by atoms with Gasteiger partial charge < -0.3 is 42.6 Å². The molecule has 0 rings (SSSR count). The molecule has 0 unspecified atom stereocenters. The van der Waals surface area contributed by atoms with Crippen molar-refractivity contribution < 1.29 is 47.4 Å². The molecule has 0 aliphatic heterocycles. The largest absolute Gasteiger partial charge is 0.460 e. The van der Waals surface area contributed by atoms with Crippen molar-refractivity contribution in [3.05, 3.63) is 12.2 Å². The van der Waals surface area contributed by atoms with Crippen molar-refractivity contribution in [3.63, 3.8) is 0 Å². The van der Waals surface area contributed by atoms with Gasteiger partial charge >= 0.3 is 5.97 Å². The average molecular weight is 545 g/mol. The number of carbonyl (C=O) groups excluding carboxylic acids is 1. The van der Waals surface area contributed by atoms with E-state index in [1.165, 1.54) is 0 Å². The summed E-state index contributed by atoms with van der Waals surface area (Å²) in [5, 5.41) is 0.836. The minimum atomic E-state index is -0.408. The van der Waals surface area contributed by atoms with Gasteiger partial charge in [-0.1, -0.05) is 22.5 Å². The van der Waals surface area contributed by atoms with Gasteiger partial charge in [0.1, 0.15) is 6.61 Å². The lowest BCUT2D eigenvalue weighted by atomic mass is 10.4. The molecule has 0 aliphatic carbocycles. The van der Waals surface area contributed by atoms with Crippen LogP contribution in [-0.2, 0) is 47.4 Å².